The van der Waals surface area contributed by atoms with Crippen molar-refractivity contribution in [3.8, 4) is 11.8 Å². The highest BCUT2D eigenvalue weighted by molar-refractivity contribution is 5.43. The Bertz CT molecular complexity index is 791. The minimum absolute atomic E-state index is 0.0279. The number of nitrogens with zero attached hydrogens (tertiary/aromatic N) is 2. The molecule has 2 aliphatic rings. The van der Waals surface area contributed by atoms with Gasteiger partial charge in [0.1, 0.15) is 6.10 Å². The van der Waals surface area contributed by atoms with Crippen molar-refractivity contribution in [2.24, 2.45) is 0 Å². The molecule has 2 aromatic rings. The summed E-state index contributed by atoms with van der Waals surface area (Å²) in [6.07, 6.45) is 0.412. The van der Waals surface area contributed by atoms with Gasteiger partial charge in [0.15, 0.2) is 0 Å². The van der Waals surface area contributed by atoms with Crippen LogP contribution < -0.4 is 0 Å². The maximum absolute atomic E-state index is 12.8. The fourth-order valence-corrected chi connectivity index (χ4v) is 3.75. The Labute approximate surface area is 146 Å². The van der Waals surface area contributed by atoms with Crippen molar-refractivity contribution in [3.63, 3.8) is 0 Å². The van der Waals surface area contributed by atoms with Crippen LogP contribution in [0.5, 0.6) is 0 Å². The number of fused-ring (bicyclic) bond motifs is 3. The van der Waals surface area contributed by atoms with E-state index in [0.717, 1.165) is 29.8 Å². The lowest BCUT2D eigenvalue weighted by atomic mass is 9.97. The summed E-state index contributed by atoms with van der Waals surface area (Å²) in [6.45, 7) is 1.70. The minimum Gasteiger partial charge on any atom is -0.369 e. The molecular formula is C20H20F2N2O. The smallest absolute Gasteiger partial charge is 0.251 e. The van der Waals surface area contributed by atoms with Crippen molar-refractivity contribution in [2.45, 2.75) is 31.5 Å². The quantitative estimate of drug-likeness (QED) is 0.779. The molecule has 0 spiro atoms. The van der Waals surface area contributed by atoms with Gasteiger partial charge >= 0.3 is 0 Å². The molecule has 0 radical (unpaired) electrons. The summed E-state index contributed by atoms with van der Waals surface area (Å²) in [5, 5.41) is 0. The molecular weight excluding hydrogens is 322 g/mol. The fraction of sp³-hybridized carbons (Fsp3) is 0.400. The summed E-state index contributed by atoms with van der Waals surface area (Å²) in [5.41, 5.74) is 2.96. The van der Waals surface area contributed by atoms with Gasteiger partial charge in [-0.1, -0.05) is 30.0 Å². The maximum atomic E-state index is 12.8. The predicted molar refractivity (Wildman–Crippen MR) is 91.5 cm³/mol. The van der Waals surface area contributed by atoms with Gasteiger partial charge < -0.3 is 9.30 Å². The van der Waals surface area contributed by atoms with Crippen LogP contribution in [0.1, 0.15) is 29.3 Å². The average molecular weight is 342 g/mol. The Morgan fingerprint density at radius 1 is 1.12 bits per heavy atom. The first-order valence-corrected chi connectivity index (χ1v) is 8.61. The van der Waals surface area contributed by atoms with Crippen molar-refractivity contribution in [2.75, 3.05) is 19.7 Å². The van der Waals surface area contributed by atoms with Crippen LogP contribution in [0.4, 0.5) is 8.78 Å². The lowest BCUT2D eigenvalue weighted by molar-refractivity contribution is -0.100. The molecule has 1 aromatic carbocycles. The van der Waals surface area contributed by atoms with Gasteiger partial charge in [-0.3, -0.25) is 4.90 Å². The first-order chi connectivity index (χ1) is 12.2. The van der Waals surface area contributed by atoms with E-state index < -0.39 is 6.43 Å². The van der Waals surface area contributed by atoms with E-state index >= 15 is 0 Å². The summed E-state index contributed by atoms with van der Waals surface area (Å²) in [7, 11) is 0. The molecule has 3 heterocycles. The molecule has 2 unspecified atom stereocenters. The second-order valence-electron chi connectivity index (χ2n) is 6.50. The third-order valence-corrected chi connectivity index (χ3v) is 4.88. The van der Waals surface area contributed by atoms with E-state index in [-0.39, 0.29) is 18.7 Å². The number of halogens is 2. The van der Waals surface area contributed by atoms with Crippen LogP contribution in [0.2, 0.25) is 0 Å². The molecule has 4 rings (SSSR count). The molecule has 0 amide bonds. The SMILES string of the molecule is FC(F)CN1CCOC2c3cc(C#Cc4ccccc4)cn3CCC21. The average Bonchev–Trinajstić information content (AvgIpc) is 3.04. The molecule has 1 aromatic heterocycles. The van der Waals surface area contributed by atoms with Crippen LogP contribution in [0.3, 0.4) is 0 Å². The zero-order valence-electron chi connectivity index (χ0n) is 13.9. The molecule has 2 atom stereocenters. The monoisotopic (exact) mass is 342 g/mol. The minimum atomic E-state index is -2.31. The lowest BCUT2D eigenvalue weighted by Crippen LogP contribution is -2.51. The molecule has 25 heavy (non-hydrogen) atoms. The number of hydrogen-bond donors (Lipinski definition) is 0. The second kappa shape index (κ2) is 6.99. The summed E-state index contributed by atoms with van der Waals surface area (Å²) in [6, 6.07) is 11.9. The summed E-state index contributed by atoms with van der Waals surface area (Å²) in [5.74, 6) is 6.36. The Morgan fingerprint density at radius 3 is 2.72 bits per heavy atom. The maximum Gasteiger partial charge on any atom is 0.251 e. The molecule has 0 saturated carbocycles. The molecule has 1 saturated heterocycles. The van der Waals surface area contributed by atoms with Crippen molar-refractivity contribution in [3.05, 3.63) is 59.4 Å². The summed E-state index contributed by atoms with van der Waals surface area (Å²) >= 11 is 0. The highest BCUT2D eigenvalue weighted by Gasteiger charge is 2.38. The Morgan fingerprint density at radius 2 is 1.92 bits per heavy atom. The number of ether oxygens (including phenoxy) is 1. The first-order valence-electron chi connectivity index (χ1n) is 8.61. The van der Waals surface area contributed by atoms with E-state index in [1.54, 1.807) is 0 Å². The van der Waals surface area contributed by atoms with Gasteiger partial charge in [-0.05, 0) is 24.6 Å². The number of benzene rings is 1. The van der Waals surface area contributed by atoms with Crippen molar-refractivity contribution in [1.29, 1.82) is 0 Å². The standard InChI is InChI=1S/C20H20F2N2O/c21-19(22)14-24-10-11-25-20-17(24)8-9-23-13-16(12-18(20)23)7-6-15-4-2-1-3-5-15/h1-5,12-13,17,19-20H,8-11,14H2. The van der Waals surface area contributed by atoms with Gasteiger partial charge in [0, 0.05) is 42.1 Å². The highest BCUT2D eigenvalue weighted by Crippen LogP contribution is 2.36. The normalized spacial score (nSPS) is 22.8. The van der Waals surface area contributed by atoms with Gasteiger partial charge in [-0.25, -0.2) is 8.78 Å². The van der Waals surface area contributed by atoms with Crippen LogP contribution in [0, 0.1) is 11.8 Å². The van der Waals surface area contributed by atoms with Crippen molar-refractivity contribution in [1.82, 2.24) is 9.47 Å². The largest absolute Gasteiger partial charge is 0.369 e. The second-order valence-corrected chi connectivity index (χ2v) is 6.50. The number of alkyl halides is 2. The van der Waals surface area contributed by atoms with Crippen LogP contribution in [-0.4, -0.2) is 41.6 Å². The number of aromatic nitrogens is 1. The van der Waals surface area contributed by atoms with E-state index in [0.29, 0.717) is 13.2 Å². The van der Waals surface area contributed by atoms with Crippen molar-refractivity contribution >= 4 is 0 Å². The number of rotatable bonds is 2. The van der Waals surface area contributed by atoms with Gasteiger partial charge in [0.2, 0.25) is 0 Å². The fourth-order valence-electron chi connectivity index (χ4n) is 3.75. The molecule has 0 N–H and O–H groups in total. The third kappa shape index (κ3) is 3.46. The zero-order chi connectivity index (χ0) is 17.2. The Hall–Kier alpha value is -2.16. The lowest BCUT2D eigenvalue weighted by Gasteiger charge is -2.44. The topological polar surface area (TPSA) is 17.4 Å². The zero-order valence-corrected chi connectivity index (χ0v) is 13.9. The molecule has 2 aliphatic heterocycles. The van der Waals surface area contributed by atoms with E-state index in [2.05, 4.69) is 16.4 Å². The summed E-state index contributed by atoms with van der Waals surface area (Å²) < 4.78 is 33.8. The molecule has 0 bridgehead atoms. The van der Waals surface area contributed by atoms with Crippen molar-refractivity contribution < 1.29 is 13.5 Å². The highest BCUT2D eigenvalue weighted by atomic mass is 19.3. The molecule has 3 nitrogen and oxygen atoms in total. The Balaban J connectivity index is 1.57. The summed E-state index contributed by atoms with van der Waals surface area (Å²) in [4.78, 5) is 1.88. The number of morpholine rings is 1. The van der Waals surface area contributed by atoms with E-state index in [9.17, 15) is 8.78 Å². The van der Waals surface area contributed by atoms with Crippen LogP contribution in [-0.2, 0) is 11.3 Å². The molecule has 5 heteroatoms. The van der Waals surface area contributed by atoms with E-state index in [1.807, 2.05) is 47.5 Å². The predicted octanol–water partition coefficient (Wildman–Crippen LogP) is 3.30. The van der Waals surface area contributed by atoms with Gasteiger partial charge in [0.25, 0.3) is 6.43 Å². The van der Waals surface area contributed by atoms with E-state index in [4.69, 9.17) is 4.74 Å². The first kappa shape index (κ1) is 16.3. The Kier molecular flexibility index (Phi) is 4.56. The van der Waals surface area contributed by atoms with Gasteiger partial charge in [-0.2, -0.15) is 0 Å². The van der Waals surface area contributed by atoms with Gasteiger partial charge in [-0.15, -0.1) is 0 Å². The molecule has 0 aliphatic carbocycles. The number of hydrogen-bond acceptors (Lipinski definition) is 2. The van der Waals surface area contributed by atoms with Crippen LogP contribution in [0.15, 0.2) is 42.6 Å². The molecule has 130 valence electrons. The van der Waals surface area contributed by atoms with Crippen LogP contribution >= 0.6 is 0 Å². The number of aryl methyl sites for hydroxylation is 1. The third-order valence-electron chi connectivity index (χ3n) is 4.88. The molecule has 1 fully saturated rings. The van der Waals surface area contributed by atoms with Gasteiger partial charge in [0.05, 0.1) is 13.2 Å². The van der Waals surface area contributed by atoms with E-state index in [1.165, 1.54) is 0 Å². The van der Waals surface area contributed by atoms with Crippen LogP contribution in [0.25, 0.3) is 0 Å².